The summed E-state index contributed by atoms with van der Waals surface area (Å²) in [5, 5.41) is 48.3. The summed E-state index contributed by atoms with van der Waals surface area (Å²) in [6, 6.07) is -0.555. The van der Waals surface area contributed by atoms with Crippen LogP contribution in [0, 0.1) is 11.8 Å². The van der Waals surface area contributed by atoms with E-state index in [4.69, 9.17) is 9.84 Å². The Morgan fingerprint density at radius 1 is 1.42 bits per heavy atom. The van der Waals surface area contributed by atoms with Gasteiger partial charge in [-0.2, -0.15) is 0 Å². The van der Waals surface area contributed by atoms with Crippen LogP contribution in [0.25, 0.3) is 0 Å². The summed E-state index contributed by atoms with van der Waals surface area (Å²) >= 11 is 0. The van der Waals surface area contributed by atoms with Gasteiger partial charge < -0.3 is 30.0 Å². The summed E-state index contributed by atoms with van der Waals surface area (Å²) < 4.78 is 6.80. The fraction of sp³-hybridized carbons (Fsp3) is 0.688. The first-order chi connectivity index (χ1) is 11.7. The zero-order chi connectivity index (χ0) is 18.7. The number of hydrogen-bond acceptors (Lipinski definition) is 8. The van der Waals surface area contributed by atoms with Crippen molar-refractivity contribution in [2.45, 2.75) is 51.5 Å². The molecule has 0 radical (unpaired) electrons. The fourth-order valence-electron chi connectivity index (χ4n) is 2.91. The van der Waals surface area contributed by atoms with Crippen LogP contribution < -0.4 is 34.7 Å². The summed E-state index contributed by atoms with van der Waals surface area (Å²) in [5.74, 6) is -2.03. The number of carboxylic acid groups (broad SMARTS) is 1. The molecule has 1 aliphatic heterocycles. The second-order valence-electron chi connectivity index (χ2n) is 6.78. The summed E-state index contributed by atoms with van der Waals surface area (Å²) in [6.07, 6.45) is -0.179. The summed E-state index contributed by atoms with van der Waals surface area (Å²) in [4.78, 5) is 11.3. The Morgan fingerprint density at radius 3 is 2.62 bits per heavy atom. The molecule has 3 N–H and O–H groups in total. The SMILES string of the molecule is CC(C)Cc1cn([C@H]2C=C(C(=O)[O-])O[C@@H]([C@H](O)[C@H](O)CO)[C@@H]2C)nn1.[Na+]. The van der Waals surface area contributed by atoms with Gasteiger partial charge >= 0.3 is 29.6 Å². The Kier molecular flexibility index (Phi) is 8.71. The van der Waals surface area contributed by atoms with Crippen molar-refractivity contribution in [2.24, 2.45) is 11.8 Å². The van der Waals surface area contributed by atoms with Crippen LogP contribution in [0.15, 0.2) is 18.0 Å². The summed E-state index contributed by atoms with van der Waals surface area (Å²) in [7, 11) is 0. The molecule has 1 aromatic heterocycles. The predicted molar refractivity (Wildman–Crippen MR) is 83.8 cm³/mol. The summed E-state index contributed by atoms with van der Waals surface area (Å²) in [5.41, 5.74) is 0.768. The molecule has 26 heavy (non-hydrogen) atoms. The second-order valence-corrected chi connectivity index (χ2v) is 6.78. The number of aliphatic hydroxyl groups is 3. The average molecular weight is 377 g/mol. The zero-order valence-electron chi connectivity index (χ0n) is 15.4. The zero-order valence-corrected chi connectivity index (χ0v) is 17.4. The van der Waals surface area contributed by atoms with Crippen LogP contribution >= 0.6 is 0 Å². The first-order valence-corrected chi connectivity index (χ1v) is 8.22. The maximum absolute atomic E-state index is 11.3. The molecule has 9 nitrogen and oxygen atoms in total. The Hall–Kier alpha value is -0.970. The van der Waals surface area contributed by atoms with Gasteiger partial charge in [0, 0.05) is 12.1 Å². The van der Waals surface area contributed by atoms with E-state index in [1.807, 2.05) is 13.8 Å². The standard InChI is InChI=1S/C16H25N3O6.Na/c1-8(2)4-10-6-19(18-17-10)11-5-13(16(23)24)25-15(9(11)3)14(22)12(21)7-20;/h5-6,8-9,11-12,14-15,20-22H,4,7H2,1-3H3,(H,23,24);/q;+1/p-1/t9-,11+,12-,14-,15-;/m1./s1. The van der Waals surface area contributed by atoms with Crippen molar-refractivity contribution < 1.29 is 59.5 Å². The van der Waals surface area contributed by atoms with Crippen molar-refractivity contribution in [3.8, 4) is 0 Å². The largest absolute Gasteiger partial charge is 1.00 e. The smallest absolute Gasteiger partial charge is 0.542 e. The van der Waals surface area contributed by atoms with Crippen LogP contribution in [-0.4, -0.2) is 61.2 Å². The number of carbonyl (C=O) groups excluding carboxylic acids is 1. The molecule has 0 bridgehead atoms. The Labute approximate surface area is 174 Å². The van der Waals surface area contributed by atoms with Crippen molar-refractivity contribution in [1.29, 1.82) is 0 Å². The van der Waals surface area contributed by atoms with Crippen LogP contribution in [0.4, 0.5) is 0 Å². The van der Waals surface area contributed by atoms with Gasteiger partial charge in [0.25, 0.3) is 0 Å². The maximum atomic E-state index is 11.3. The van der Waals surface area contributed by atoms with Crippen LogP contribution in [0.2, 0.25) is 0 Å². The molecule has 0 unspecified atom stereocenters. The number of aromatic nitrogens is 3. The molecule has 0 saturated heterocycles. The molecular formula is C16H24N3NaO6. The second kappa shape index (κ2) is 9.82. The van der Waals surface area contributed by atoms with Crippen molar-refractivity contribution in [1.82, 2.24) is 15.0 Å². The van der Waals surface area contributed by atoms with Crippen molar-refractivity contribution in [2.75, 3.05) is 6.61 Å². The molecule has 0 aliphatic carbocycles. The summed E-state index contributed by atoms with van der Waals surface area (Å²) in [6.45, 7) is 5.15. The van der Waals surface area contributed by atoms with Crippen LogP contribution in [0.1, 0.15) is 32.5 Å². The Morgan fingerprint density at radius 2 is 2.08 bits per heavy atom. The van der Waals surface area contributed by atoms with Crippen LogP contribution in [-0.2, 0) is 16.0 Å². The molecule has 2 heterocycles. The minimum absolute atomic E-state index is 0. The van der Waals surface area contributed by atoms with Crippen molar-refractivity contribution in [3.05, 3.63) is 23.7 Å². The van der Waals surface area contributed by atoms with E-state index in [9.17, 15) is 20.1 Å². The number of aliphatic hydroxyl groups excluding tert-OH is 3. The molecule has 0 amide bonds. The van der Waals surface area contributed by atoms with Gasteiger partial charge in [0.05, 0.1) is 18.3 Å². The van der Waals surface area contributed by atoms with E-state index >= 15 is 0 Å². The molecule has 140 valence electrons. The van der Waals surface area contributed by atoms with Gasteiger partial charge in [0.15, 0.2) is 0 Å². The van der Waals surface area contributed by atoms with E-state index in [1.165, 1.54) is 10.8 Å². The Balaban J connectivity index is 0.00000338. The molecule has 5 atom stereocenters. The number of aliphatic carboxylic acids is 1. The fourth-order valence-corrected chi connectivity index (χ4v) is 2.91. The third kappa shape index (κ3) is 5.28. The maximum Gasteiger partial charge on any atom is 1.00 e. The number of rotatable bonds is 7. The molecule has 1 aliphatic rings. The van der Waals surface area contributed by atoms with Gasteiger partial charge in [-0.1, -0.05) is 26.0 Å². The molecule has 10 heteroatoms. The predicted octanol–water partition coefficient (Wildman–Crippen LogP) is -4.60. The minimum atomic E-state index is -1.53. The molecule has 2 rings (SSSR count). The third-order valence-electron chi connectivity index (χ3n) is 4.24. The van der Waals surface area contributed by atoms with E-state index < -0.39 is 48.6 Å². The quantitative estimate of drug-likeness (QED) is 0.403. The number of hydrogen-bond donors (Lipinski definition) is 3. The monoisotopic (exact) mass is 377 g/mol. The van der Waals surface area contributed by atoms with Crippen molar-refractivity contribution >= 4 is 5.97 Å². The van der Waals surface area contributed by atoms with Gasteiger partial charge in [-0.15, -0.1) is 5.10 Å². The molecule has 1 aromatic rings. The van der Waals surface area contributed by atoms with E-state index in [1.54, 1.807) is 13.1 Å². The van der Waals surface area contributed by atoms with Crippen molar-refractivity contribution in [3.63, 3.8) is 0 Å². The topological polar surface area (TPSA) is 141 Å². The average Bonchev–Trinajstić information content (AvgIpc) is 3.00. The Bertz CT molecular complexity index is 635. The van der Waals surface area contributed by atoms with E-state index in [0.29, 0.717) is 5.92 Å². The third-order valence-corrected chi connectivity index (χ3v) is 4.24. The van der Waals surface area contributed by atoms with Gasteiger partial charge in [-0.3, -0.25) is 0 Å². The molecule has 0 saturated carbocycles. The molecular weight excluding hydrogens is 353 g/mol. The number of carbonyl (C=O) groups is 1. The van der Waals surface area contributed by atoms with Crippen LogP contribution in [0.3, 0.4) is 0 Å². The van der Waals surface area contributed by atoms with Gasteiger partial charge in [-0.25, -0.2) is 4.68 Å². The normalized spacial score (nSPS) is 25.0. The van der Waals surface area contributed by atoms with Gasteiger partial charge in [-0.05, 0) is 18.4 Å². The van der Waals surface area contributed by atoms with Gasteiger partial charge in [0.2, 0.25) is 0 Å². The van der Waals surface area contributed by atoms with Crippen LogP contribution in [0.5, 0.6) is 0 Å². The molecule has 0 fully saturated rings. The number of ether oxygens (including phenoxy) is 1. The number of allylic oxidation sites excluding steroid dienone is 1. The number of nitrogens with zero attached hydrogens (tertiary/aromatic N) is 3. The van der Waals surface area contributed by atoms with Gasteiger partial charge in [0.1, 0.15) is 30.0 Å². The molecule has 0 spiro atoms. The molecule has 0 aromatic carbocycles. The van der Waals surface area contributed by atoms with E-state index in [-0.39, 0.29) is 29.6 Å². The first-order valence-electron chi connectivity index (χ1n) is 8.22. The minimum Gasteiger partial charge on any atom is -0.542 e. The van der Waals surface area contributed by atoms with E-state index in [2.05, 4.69) is 10.3 Å². The van der Waals surface area contributed by atoms with E-state index in [0.717, 1.165) is 12.1 Å². The first kappa shape index (κ1) is 23.1. The number of carboxylic acids is 1.